The molecule has 1 N–H and O–H groups in total. The molecule has 0 aliphatic heterocycles. The summed E-state index contributed by atoms with van der Waals surface area (Å²) in [5.41, 5.74) is 1.46. The van der Waals surface area contributed by atoms with E-state index in [0.29, 0.717) is 17.0 Å². The van der Waals surface area contributed by atoms with Crippen LogP contribution in [0, 0.1) is 0 Å². The fraction of sp³-hybridized carbons (Fsp3) is 0.500. The van der Waals surface area contributed by atoms with Gasteiger partial charge in [-0.1, -0.05) is 23.3 Å². The van der Waals surface area contributed by atoms with E-state index in [1.54, 1.807) is 12.4 Å². The molecule has 0 aromatic carbocycles. The lowest BCUT2D eigenvalue weighted by atomic mass is 9.95. The molecule has 0 amide bonds. The first-order chi connectivity index (χ1) is 7.75. The quantitative estimate of drug-likeness (QED) is 0.819. The molecule has 0 saturated carbocycles. The molecule has 0 fully saturated rings. The molecule has 3 nitrogen and oxygen atoms in total. The third-order valence-electron chi connectivity index (χ3n) is 2.85. The van der Waals surface area contributed by atoms with Crippen LogP contribution >= 0.6 is 11.6 Å². The second-order valence-electron chi connectivity index (χ2n) is 4.12. The minimum atomic E-state index is 0.307. The lowest BCUT2D eigenvalue weighted by Crippen LogP contribution is -2.20. The van der Waals surface area contributed by atoms with E-state index in [0.717, 1.165) is 0 Å². The average molecular weight is 238 g/mol. The van der Waals surface area contributed by atoms with E-state index in [4.69, 9.17) is 11.6 Å². The summed E-state index contributed by atoms with van der Waals surface area (Å²) in [4.78, 5) is 8.26. The van der Waals surface area contributed by atoms with Crippen molar-refractivity contribution >= 4 is 17.5 Å². The van der Waals surface area contributed by atoms with Gasteiger partial charge >= 0.3 is 0 Å². The molecule has 4 heteroatoms. The van der Waals surface area contributed by atoms with E-state index in [9.17, 15) is 0 Å². The average Bonchev–Trinajstić information content (AvgIpc) is 2.33. The molecule has 1 unspecified atom stereocenters. The summed E-state index contributed by atoms with van der Waals surface area (Å²) in [5.74, 6) is 0.642. The topological polar surface area (TPSA) is 37.8 Å². The zero-order valence-corrected chi connectivity index (χ0v) is 10.2. The van der Waals surface area contributed by atoms with Crippen molar-refractivity contribution in [2.45, 2.75) is 38.6 Å². The molecule has 1 aliphatic rings. The first-order valence-corrected chi connectivity index (χ1v) is 6.06. The standard InChI is InChI=1S/C12H16ClN3/c1-9(10-5-3-2-4-6-10)16-12-14-7-11(13)8-15-12/h5,7-9H,2-4,6H2,1H3,(H,14,15,16). The zero-order chi connectivity index (χ0) is 11.4. The fourth-order valence-electron chi connectivity index (χ4n) is 1.93. The van der Waals surface area contributed by atoms with Crippen LogP contribution in [0.15, 0.2) is 24.0 Å². The molecule has 1 aliphatic carbocycles. The number of hydrogen-bond acceptors (Lipinski definition) is 3. The summed E-state index contributed by atoms with van der Waals surface area (Å²) in [6.45, 7) is 2.15. The Hall–Kier alpha value is -1.09. The van der Waals surface area contributed by atoms with Gasteiger partial charge in [-0.15, -0.1) is 0 Å². The number of nitrogens with zero attached hydrogens (tertiary/aromatic N) is 2. The van der Waals surface area contributed by atoms with Crippen molar-refractivity contribution in [1.29, 1.82) is 0 Å². The molecule has 0 bridgehead atoms. The van der Waals surface area contributed by atoms with Crippen LogP contribution in [-0.2, 0) is 0 Å². The first-order valence-electron chi connectivity index (χ1n) is 5.69. The summed E-state index contributed by atoms with van der Waals surface area (Å²) < 4.78 is 0. The van der Waals surface area contributed by atoms with Crippen molar-refractivity contribution in [3.05, 3.63) is 29.1 Å². The predicted molar refractivity (Wildman–Crippen MR) is 66.7 cm³/mol. The molecule has 86 valence electrons. The van der Waals surface area contributed by atoms with Crippen LogP contribution in [0.4, 0.5) is 5.95 Å². The maximum Gasteiger partial charge on any atom is 0.223 e. The summed E-state index contributed by atoms with van der Waals surface area (Å²) in [5, 5.41) is 3.85. The van der Waals surface area contributed by atoms with Gasteiger partial charge in [0.2, 0.25) is 5.95 Å². The predicted octanol–water partition coefficient (Wildman–Crippen LogP) is 3.43. The van der Waals surface area contributed by atoms with E-state index in [2.05, 4.69) is 28.3 Å². The Morgan fingerprint density at radius 3 is 2.69 bits per heavy atom. The minimum Gasteiger partial charge on any atom is -0.348 e. The van der Waals surface area contributed by atoms with Gasteiger partial charge in [0.1, 0.15) is 0 Å². The maximum atomic E-state index is 5.73. The highest BCUT2D eigenvalue weighted by atomic mass is 35.5. The third kappa shape index (κ3) is 2.95. The largest absolute Gasteiger partial charge is 0.348 e. The highest BCUT2D eigenvalue weighted by Gasteiger charge is 2.12. The molecule has 0 saturated heterocycles. The number of allylic oxidation sites excluding steroid dienone is 1. The number of rotatable bonds is 3. The molecule has 1 heterocycles. The number of nitrogens with one attached hydrogen (secondary N) is 1. The van der Waals surface area contributed by atoms with Crippen LogP contribution in [-0.4, -0.2) is 16.0 Å². The van der Waals surface area contributed by atoms with Crippen molar-refractivity contribution in [1.82, 2.24) is 9.97 Å². The SMILES string of the molecule is CC(Nc1ncc(Cl)cn1)C1=CCCCC1. The monoisotopic (exact) mass is 237 g/mol. The Morgan fingerprint density at radius 2 is 2.06 bits per heavy atom. The smallest absolute Gasteiger partial charge is 0.223 e. The molecule has 1 aromatic rings. The van der Waals surface area contributed by atoms with Gasteiger partial charge in [-0.2, -0.15) is 0 Å². The third-order valence-corrected chi connectivity index (χ3v) is 3.04. The maximum absolute atomic E-state index is 5.73. The van der Waals surface area contributed by atoms with Crippen molar-refractivity contribution in [3.8, 4) is 0 Å². The Morgan fingerprint density at radius 1 is 1.31 bits per heavy atom. The number of halogens is 1. The second-order valence-corrected chi connectivity index (χ2v) is 4.55. The Bertz CT molecular complexity index is 372. The van der Waals surface area contributed by atoms with Crippen LogP contribution < -0.4 is 5.32 Å². The Kier molecular flexibility index (Phi) is 3.78. The number of hydrogen-bond donors (Lipinski definition) is 1. The highest BCUT2D eigenvalue weighted by Crippen LogP contribution is 2.21. The summed E-state index contributed by atoms with van der Waals surface area (Å²) >= 11 is 5.73. The Balaban J connectivity index is 1.98. The van der Waals surface area contributed by atoms with E-state index >= 15 is 0 Å². The molecule has 1 aromatic heterocycles. The van der Waals surface area contributed by atoms with Gasteiger partial charge in [0, 0.05) is 6.04 Å². The van der Waals surface area contributed by atoms with Gasteiger partial charge in [-0.3, -0.25) is 0 Å². The van der Waals surface area contributed by atoms with E-state index in [1.807, 2.05) is 0 Å². The number of anilines is 1. The molecule has 2 rings (SSSR count). The normalized spacial score (nSPS) is 17.8. The second kappa shape index (κ2) is 5.30. The van der Waals surface area contributed by atoms with E-state index in [-0.39, 0.29) is 0 Å². The van der Waals surface area contributed by atoms with Crippen molar-refractivity contribution < 1.29 is 0 Å². The molecule has 0 spiro atoms. The molecular formula is C12H16ClN3. The van der Waals surface area contributed by atoms with E-state index < -0.39 is 0 Å². The van der Waals surface area contributed by atoms with Crippen molar-refractivity contribution in [2.75, 3.05) is 5.32 Å². The van der Waals surface area contributed by atoms with Gasteiger partial charge < -0.3 is 5.32 Å². The van der Waals surface area contributed by atoms with Gasteiger partial charge in [0.25, 0.3) is 0 Å². The van der Waals surface area contributed by atoms with Crippen LogP contribution in [0.5, 0.6) is 0 Å². The minimum absolute atomic E-state index is 0.307. The van der Waals surface area contributed by atoms with Crippen LogP contribution in [0.2, 0.25) is 5.02 Å². The van der Waals surface area contributed by atoms with Crippen molar-refractivity contribution in [3.63, 3.8) is 0 Å². The number of aromatic nitrogens is 2. The summed E-state index contributed by atoms with van der Waals surface area (Å²) in [6, 6.07) is 0.307. The molecular weight excluding hydrogens is 222 g/mol. The molecule has 16 heavy (non-hydrogen) atoms. The fourth-order valence-corrected chi connectivity index (χ4v) is 2.03. The lowest BCUT2D eigenvalue weighted by Gasteiger charge is -2.20. The highest BCUT2D eigenvalue weighted by molar-refractivity contribution is 6.30. The van der Waals surface area contributed by atoms with E-state index in [1.165, 1.54) is 31.3 Å². The van der Waals surface area contributed by atoms with Crippen LogP contribution in [0.25, 0.3) is 0 Å². The van der Waals surface area contributed by atoms with Gasteiger partial charge in [-0.05, 0) is 32.6 Å². The molecule has 0 radical (unpaired) electrons. The van der Waals surface area contributed by atoms with Gasteiger partial charge in [-0.25, -0.2) is 9.97 Å². The van der Waals surface area contributed by atoms with Crippen LogP contribution in [0.3, 0.4) is 0 Å². The van der Waals surface area contributed by atoms with Gasteiger partial charge in [0.15, 0.2) is 0 Å². The zero-order valence-electron chi connectivity index (χ0n) is 9.41. The van der Waals surface area contributed by atoms with Crippen molar-refractivity contribution in [2.24, 2.45) is 0 Å². The van der Waals surface area contributed by atoms with Crippen LogP contribution in [0.1, 0.15) is 32.6 Å². The first kappa shape index (κ1) is 11.4. The van der Waals surface area contributed by atoms with Gasteiger partial charge in [0.05, 0.1) is 17.4 Å². The lowest BCUT2D eigenvalue weighted by molar-refractivity contribution is 0.664. The Labute approximate surface area is 101 Å². The summed E-state index contributed by atoms with van der Waals surface area (Å²) in [7, 11) is 0. The molecule has 1 atom stereocenters. The summed E-state index contributed by atoms with van der Waals surface area (Å²) in [6.07, 6.45) is 10.5.